The van der Waals surface area contributed by atoms with Crippen molar-refractivity contribution >= 4 is 11.6 Å². The number of hydrogen-bond donors (Lipinski definition) is 1. The predicted octanol–water partition coefficient (Wildman–Crippen LogP) is 3.72. The van der Waals surface area contributed by atoms with Crippen molar-refractivity contribution in [2.75, 3.05) is 0 Å². The molecule has 108 valence electrons. The van der Waals surface area contributed by atoms with Gasteiger partial charge in [0.15, 0.2) is 0 Å². The lowest BCUT2D eigenvalue weighted by molar-refractivity contribution is 0.292. The summed E-state index contributed by atoms with van der Waals surface area (Å²) in [5.41, 5.74) is 7.84. The van der Waals surface area contributed by atoms with E-state index in [2.05, 4.69) is 23.4 Å². The van der Waals surface area contributed by atoms with E-state index in [9.17, 15) is 0 Å². The van der Waals surface area contributed by atoms with Gasteiger partial charge in [0.1, 0.15) is 12.4 Å². The minimum absolute atomic E-state index is 0.0380. The molecule has 1 aromatic carbocycles. The second-order valence-corrected chi connectivity index (χ2v) is 5.56. The zero-order valence-corrected chi connectivity index (χ0v) is 12.8. The summed E-state index contributed by atoms with van der Waals surface area (Å²) in [7, 11) is 0. The third-order valence-corrected chi connectivity index (χ3v) is 3.46. The average molecular weight is 294 g/mol. The van der Waals surface area contributed by atoms with Gasteiger partial charge in [0.2, 0.25) is 0 Å². The molecule has 1 heterocycles. The van der Waals surface area contributed by atoms with Crippen LogP contribution in [0.3, 0.4) is 0 Å². The summed E-state index contributed by atoms with van der Waals surface area (Å²) in [4.78, 5) is 4.15. The molecule has 2 rings (SSSR count). The maximum absolute atomic E-state index is 6.21. The summed E-state index contributed by atoms with van der Waals surface area (Å²) in [6, 6.07) is 5.96. The first-order valence-corrected chi connectivity index (χ1v) is 7.05. The third-order valence-electron chi connectivity index (χ3n) is 3.16. The first-order chi connectivity index (χ1) is 9.49. The topological polar surface area (TPSA) is 53.1 Å². The average Bonchev–Trinajstić information content (AvgIpc) is 2.85. The van der Waals surface area contributed by atoms with E-state index < -0.39 is 0 Å². The van der Waals surface area contributed by atoms with Gasteiger partial charge < -0.3 is 15.0 Å². The smallest absolute Gasteiger partial charge is 0.138 e. The minimum Gasteiger partial charge on any atom is -0.486 e. The lowest BCUT2D eigenvalue weighted by Gasteiger charge is -2.14. The number of rotatable bonds is 5. The molecule has 0 aliphatic heterocycles. The molecule has 0 saturated carbocycles. The van der Waals surface area contributed by atoms with Crippen molar-refractivity contribution in [2.45, 2.75) is 39.5 Å². The highest BCUT2D eigenvalue weighted by Crippen LogP contribution is 2.28. The number of aromatic nitrogens is 2. The monoisotopic (exact) mass is 293 g/mol. The van der Waals surface area contributed by atoms with E-state index >= 15 is 0 Å². The van der Waals surface area contributed by atoms with Gasteiger partial charge in [-0.1, -0.05) is 17.7 Å². The van der Waals surface area contributed by atoms with Crippen LogP contribution >= 0.6 is 11.6 Å². The predicted molar refractivity (Wildman–Crippen MR) is 81.0 cm³/mol. The summed E-state index contributed by atoms with van der Waals surface area (Å²) in [6.07, 6.45) is 3.62. The van der Waals surface area contributed by atoms with Crippen molar-refractivity contribution in [1.82, 2.24) is 9.55 Å². The van der Waals surface area contributed by atoms with Gasteiger partial charge in [-0.2, -0.15) is 0 Å². The number of hydrogen-bond acceptors (Lipinski definition) is 3. The standard InChI is InChI=1S/C15H20ClN3O/c1-10(2)19-9-18-7-13(19)8-20-15-5-4-12(11(3)17)6-14(15)16/h4-7,9-11H,8,17H2,1-3H3. The molecule has 0 aliphatic carbocycles. The van der Waals surface area contributed by atoms with E-state index in [0.29, 0.717) is 23.4 Å². The molecule has 0 bridgehead atoms. The Labute approximate surface area is 124 Å². The normalized spacial score (nSPS) is 12.7. The van der Waals surface area contributed by atoms with E-state index in [1.165, 1.54) is 0 Å². The quantitative estimate of drug-likeness (QED) is 0.914. The lowest BCUT2D eigenvalue weighted by atomic mass is 10.1. The molecule has 1 atom stereocenters. The summed E-state index contributed by atoms with van der Waals surface area (Å²) < 4.78 is 7.85. The molecule has 0 radical (unpaired) electrons. The van der Waals surface area contributed by atoms with Crippen LogP contribution in [0, 0.1) is 0 Å². The zero-order chi connectivity index (χ0) is 14.7. The zero-order valence-electron chi connectivity index (χ0n) is 12.0. The third kappa shape index (κ3) is 3.32. The van der Waals surface area contributed by atoms with Crippen LogP contribution in [0.25, 0.3) is 0 Å². The van der Waals surface area contributed by atoms with Gasteiger partial charge in [0.05, 0.1) is 23.2 Å². The molecule has 5 heteroatoms. The Kier molecular flexibility index (Phi) is 4.68. The van der Waals surface area contributed by atoms with E-state index in [0.717, 1.165) is 11.3 Å². The van der Waals surface area contributed by atoms with Crippen LogP contribution < -0.4 is 10.5 Å². The lowest BCUT2D eigenvalue weighted by Crippen LogP contribution is -2.08. The summed E-state index contributed by atoms with van der Waals surface area (Å²) in [5.74, 6) is 0.660. The summed E-state index contributed by atoms with van der Waals surface area (Å²) in [5, 5.41) is 0.579. The number of nitrogens with zero attached hydrogens (tertiary/aromatic N) is 2. The van der Waals surface area contributed by atoms with Gasteiger partial charge in [0.25, 0.3) is 0 Å². The van der Waals surface area contributed by atoms with E-state index in [1.807, 2.05) is 37.6 Å². The molecule has 1 aromatic heterocycles. The van der Waals surface area contributed by atoms with Crippen LogP contribution in [-0.2, 0) is 6.61 Å². The number of nitrogens with two attached hydrogens (primary N) is 1. The first-order valence-electron chi connectivity index (χ1n) is 6.67. The van der Waals surface area contributed by atoms with Crippen molar-refractivity contribution in [3.8, 4) is 5.75 Å². The summed E-state index contributed by atoms with van der Waals surface area (Å²) >= 11 is 6.21. The Balaban J connectivity index is 2.09. The second-order valence-electron chi connectivity index (χ2n) is 5.15. The van der Waals surface area contributed by atoms with Crippen molar-refractivity contribution in [2.24, 2.45) is 5.73 Å². The van der Waals surface area contributed by atoms with Crippen LogP contribution in [0.15, 0.2) is 30.7 Å². The number of imidazole rings is 1. The second kappa shape index (κ2) is 6.29. The molecule has 0 spiro atoms. The Morgan fingerprint density at radius 2 is 2.10 bits per heavy atom. The fourth-order valence-corrected chi connectivity index (χ4v) is 2.22. The van der Waals surface area contributed by atoms with Gasteiger partial charge in [-0.25, -0.2) is 4.98 Å². The molecule has 0 fully saturated rings. The molecule has 0 aliphatic rings. The molecule has 0 saturated heterocycles. The van der Waals surface area contributed by atoms with Crippen molar-refractivity contribution in [3.05, 3.63) is 47.0 Å². The molecule has 0 amide bonds. The van der Waals surface area contributed by atoms with Crippen molar-refractivity contribution in [1.29, 1.82) is 0 Å². The fourth-order valence-electron chi connectivity index (χ4n) is 1.98. The Hall–Kier alpha value is -1.52. The van der Waals surface area contributed by atoms with Crippen LogP contribution in [0.4, 0.5) is 0 Å². The highest BCUT2D eigenvalue weighted by atomic mass is 35.5. The van der Waals surface area contributed by atoms with E-state index in [4.69, 9.17) is 22.1 Å². The Bertz CT molecular complexity index is 578. The van der Waals surface area contributed by atoms with Gasteiger partial charge in [-0.15, -0.1) is 0 Å². The van der Waals surface area contributed by atoms with Crippen molar-refractivity contribution in [3.63, 3.8) is 0 Å². The number of halogens is 1. The Morgan fingerprint density at radius 3 is 2.70 bits per heavy atom. The van der Waals surface area contributed by atoms with Gasteiger partial charge in [0, 0.05) is 12.1 Å². The highest BCUT2D eigenvalue weighted by Gasteiger charge is 2.09. The van der Waals surface area contributed by atoms with Crippen LogP contribution in [0.2, 0.25) is 5.02 Å². The molecule has 2 N–H and O–H groups in total. The van der Waals surface area contributed by atoms with E-state index in [-0.39, 0.29) is 6.04 Å². The molecular weight excluding hydrogens is 274 g/mol. The van der Waals surface area contributed by atoms with Crippen molar-refractivity contribution < 1.29 is 4.74 Å². The fraction of sp³-hybridized carbons (Fsp3) is 0.400. The molecule has 1 unspecified atom stereocenters. The van der Waals surface area contributed by atoms with Gasteiger partial charge in [-0.05, 0) is 38.5 Å². The van der Waals surface area contributed by atoms with Crippen LogP contribution in [-0.4, -0.2) is 9.55 Å². The maximum atomic E-state index is 6.21. The Morgan fingerprint density at radius 1 is 1.35 bits per heavy atom. The number of benzene rings is 1. The minimum atomic E-state index is -0.0380. The number of ether oxygens (including phenoxy) is 1. The van der Waals surface area contributed by atoms with Gasteiger partial charge in [-0.3, -0.25) is 0 Å². The first kappa shape index (κ1) is 14.9. The maximum Gasteiger partial charge on any atom is 0.138 e. The largest absolute Gasteiger partial charge is 0.486 e. The highest BCUT2D eigenvalue weighted by molar-refractivity contribution is 6.32. The SMILES string of the molecule is CC(N)c1ccc(OCc2cncn2C(C)C)c(Cl)c1. The summed E-state index contributed by atoms with van der Waals surface area (Å²) in [6.45, 7) is 6.58. The van der Waals surface area contributed by atoms with Crippen LogP contribution in [0.1, 0.15) is 44.1 Å². The molecule has 4 nitrogen and oxygen atoms in total. The van der Waals surface area contributed by atoms with Crippen LogP contribution in [0.5, 0.6) is 5.75 Å². The molecule has 20 heavy (non-hydrogen) atoms. The van der Waals surface area contributed by atoms with Gasteiger partial charge >= 0.3 is 0 Å². The molecular formula is C15H20ClN3O. The molecule has 2 aromatic rings. The van der Waals surface area contributed by atoms with E-state index in [1.54, 1.807) is 0 Å².